The molecule has 0 aliphatic carbocycles. The molecule has 0 amide bonds. The fourth-order valence-corrected chi connectivity index (χ4v) is 2.61. The molecule has 2 aromatic rings. The number of aryl methyl sites for hydroxylation is 1. The predicted octanol–water partition coefficient (Wildman–Crippen LogP) is 3.93. The van der Waals surface area contributed by atoms with E-state index in [0.29, 0.717) is 6.04 Å². The van der Waals surface area contributed by atoms with E-state index < -0.39 is 0 Å². The summed E-state index contributed by atoms with van der Waals surface area (Å²) in [6, 6.07) is 8.69. The Morgan fingerprint density at radius 1 is 1.35 bits per heavy atom. The molecule has 0 bridgehead atoms. The van der Waals surface area contributed by atoms with Crippen LogP contribution in [0.5, 0.6) is 0 Å². The summed E-state index contributed by atoms with van der Waals surface area (Å²) in [5, 5.41) is 5.67. The van der Waals surface area contributed by atoms with Gasteiger partial charge in [-0.1, -0.05) is 13.0 Å². The summed E-state index contributed by atoms with van der Waals surface area (Å²) in [5.74, 6) is 2.03. The molecule has 1 N–H and O–H groups in total. The van der Waals surface area contributed by atoms with E-state index in [-0.39, 0.29) is 0 Å². The van der Waals surface area contributed by atoms with E-state index in [4.69, 9.17) is 4.42 Å². The number of hydrogen-bond donors (Lipinski definition) is 1. The maximum atomic E-state index is 5.73. The second-order valence-corrected chi connectivity index (χ2v) is 5.27. The van der Waals surface area contributed by atoms with Gasteiger partial charge in [-0.05, 0) is 43.5 Å². The van der Waals surface area contributed by atoms with Gasteiger partial charge in [0, 0.05) is 11.3 Å². The molecule has 2 aromatic heterocycles. The third kappa shape index (κ3) is 3.45. The van der Waals surface area contributed by atoms with E-state index in [1.807, 2.05) is 13.0 Å². The first kappa shape index (κ1) is 12.4. The summed E-state index contributed by atoms with van der Waals surface area (Å²) in [7, 11) is 0. The van der Waals surface area contributed by atoms with E-state index in [0.717, 1.165) is 30.9 Å². The van der Waals surface area contributed by atoms with Crippen LogP contribution in [-0.4, -0.2) is 6.54 Å². The molecule has 2 rings (SSSR count). The molecule has 2 heterocycles. The number of nitrogens with one attached hydrogen (secondary N) is 1. The Labute approximate surface area is 107 Å². The van der Waals surface area contributed by atoms with E-state index in [2.05, 4.69) is 35.8 Å². The zero-order valence-electron chi connectivity index (χ0n) is 10.4. The monoisotopic (exact) mass is 249 g/mol. The first-order chi connectivity index (χ1) is 8.29. The molecule has 0 aliphatic rings. The van der Waals surface area contributed by atoms with Gasteiger partial charge in [0.1, 0.15) is 11.5 Å². The standard InChI is InChI=1S/C14H19NOS/c1-3-8-15-13(10-12-5-4-9-17-12)14-7-6-11(2)16-14/h4-7,9,13,15H,3,8,10H2,1-2H3. The van der Waals surface area contributed by atoms with Gasteiger partial charge < -0.3 is 9.73 Å². The Bertz CT molecular complexity index is 433. The molecule has 1 atom stereocenters. The minimum Gasteiger partial charge on any atom is -0.465 e. The van der Waals surface area contributed by atoms with E-state index in [9.17, 15) is 0 Å². The number of furan rings is 1. The third-order valence-corrected chi connectivity index (χ3v) is 3.63. The molecule has 0 fully saturated rings. The van der Waals surface area contributed by atoms with Crippen molar-refractivity contribution in [2.45, 2.75) is 32.7 Å². The molecule has 92 valence electrons. The van der Waals surface area contributed by atoms with Crippen molar-refractivity contribution in [3.8, 4) is 0 Å². The molecular formula is C14H19NOS. The van der Waals surface area contributed by atoms with Crippen LogP contribution in [0.4, 0.5) is 0 Å². The lowest BCUT2D eigenvalue weighted by molar-refractivity contribution is 0.399. The van der Waals surface area contributed by atoms with Crippen LogP contribution in [-0.2, 0) is 6.42 Å². The lowest BCUT2D eigenvalue weighted by Gasteiger charge is -2.15. The van der Waals surface area contributed by atoms with Gasteiger partial charge in [-0.25, -0.2) is 0 Å². The molecule has 1 unspecified atom stereocenters. The van der Waals surface area contributed by atoms with Gasteiger partial charge in [0.15, 0.2) is 0 Å². The quantitative estimate of drug-likeness (QED) is 0.839. The third-order valence-electron chi connectivity index (χ3n) is 2.73. The van der Waals surface area contributed by atoms with Crippen LogP contribution in [0.25, 0.3) is 0 Å². The normalized spacial score (nSPS) is 12.8. The summed E-state index contributed by atoms with van der Waals surface area (Å²) >= 11 is 1.80. The fourth-order valence-electron chi connectivity index (χ4n) is 1.86. The SMILES string of the molecule is CCCNC(Cc1cccs1)c1ccc(C)o1. The average Bonchev–Trinajstić information content (AvgIpc) is 2.95. The van der Waals surface area contributed by atoms with E-state index in [1.165, 1.54) is 4.88 Å². The van der Waals surface area contributed by atoms with Crippen molar-refractivity contribution in [1.82, 2.24) is 5.32 Å². The van der Waals surface area contributed by atoms with Crippen LogP contribution in [0, 0.1) is 6.92 Å². The van der Waals surface area contributed by atoms with Crippen LogP contribution in [0.3, 0.4) is 0 Å². The molecule has 0 radical (unpaired) electrons. The first-order valence-electron chi connectivity index (χ1n) is 6.11. The molecule has 2 nitrogen and oxygen atoms in total. The Balaban J connectivity index is 2.07. The first-order valence-corrected chi connectivity index (χ1v) is 6.99. The van der Waals surface area contributed by atoms with Gasteiger partial charge >= 0.3 is 0 Å². The number of hydrogen-bond acceptors (Lipinski definition) is 3. The van der Waals surface area contributed by atoms with Crippen LogP contribution >= 0.6 is 11.3 Å². The van der Waals surface area contributed by atoms with Gasteiger partial charge in [-0.3, -0.25) is 0 Å². The fraction of sp³-hybridized carbons (Fsp3) is 0.429. The summed E-state index contributed by atoms with van der Waals surface area (Å²) in [5.41, 5.74) is 0. The van der Waals surface area contributed by atoms with Crippen LogP contribution in [0.1, 0.15) is 35.8 Å². The van der Waals surface area contributed by atoms with Crippen LogP contribution in [0.15, 0.2) is 34.1 Å². The molecule has 0 spiro atoms. The van der Waals surface area contributed by atoms with Gasteiger partial charge in [0.05, 0.1) is 6.04 Å². The van der Waals surface area contributed by atoms with Crippen molar-refractivity contribution in [3.63, 3.8) is 0 Å². The van der Waals surface area contributed by atoms with Gasteiger partial charge in [-0.2, -0.15) is 0 Å². The molecule has 17 heavy (non-hydrogen) atoms. The van der Waals surface area contributed by atoms with Crippen LogP contribution in [0.2, 0.25) is 0 Å². The Morgan fingerprint density at radius 3 is 2.82 bits per heavy atom. The average molecular weight is 249 g/mol. The van der Waals surface area contributed by atoms with E-state index in [1.54, 1.807) is 11.3 Å². The highest BCUT2D eigenvalue weighted by molar-refractivity contribution is 7.09. The van der Waals surface area contributed by atoms with Crippen LogP contribution < -0.4 is 5.32 Å². The maximum absolute atomic E-state index is 5.73. The van der Waals surface area contributed by atoms with Gasteiger partial charge in [0.2, 0.25) is 0 Å². The Morgan fingerprint density at radius 2 is 2.24 bits per heavy atom. The van der Waals surface area contributed by atoms with Crippen molar-refractivity contribution < 1.29 is 4.42 Å². The van der Waals surface area contributed by atoms with Crippen molar-refractivity contribution in [1.29, 1.82) is 0 Å². The second-order valence-electron chi connectivity index (χ2n) is 4.24. The van der Waals surface area contributed by atoms with Crippen molar-refractivity contribution >= 4 is 11.3 Å². The molecular weight excluding hydrogens is 230 g/mol. The molecule has 0 saturated carbocycles. The summed E-state index contributed by atoms with van der Waals surface area (Å²) in [6.07, 6.45) is 2.14. The maximum Gasteiger partial charge on any atom is 0.121 e. The smallest absolute Gasteiger partial charge is 0.121 e. The summed E-state index contributed by atoms with van der Waals surface area (Å²) in [6.45, 7) is 5.20. The summed E-state index contributed by atoms with van der Waals surface area (Å²) < 4.78 is 5.73. The number of rotatable bonds is 6. The van der Waals surface area contributed by atoms with Crippen molar-refractivity contribution in [2.24, 2.45) is 0 Å². The molecule has 0 saturated heterocycles. The Hall–Kier alpha value is -1.06. The highest BCUT2D eigenvalue weighted by Gasteiger charge is 2.15. The molecule has 0 aromatic carbocycles. The lowest BCUT2D eigenvalue weighted by Crippen LogP contribution is -2.23. The Kier molecular flexibility index (Phi) is 4.40. The lowest BCUT2D eigenvalue weighted by atomic mass is 10.1. The topological polar surface area (TPSA) is 25.2 Å². The van der Waals surface area contributed by atoms with Crippen molar-refractivity contribution in [3.05, 3.63) is 46.0 Å². The van der Waals surface area contributed by atoms with E-state index >= 15 is 0 Å². The number of thiophene rings is 1. The minimum atomic E-state index is 0.294. The molecule has 0 aliphatic heterocycles. The zero-order chi connectivity index (χ0) is 12.1. The second kappa shape index (κ2) is 6.03. The molecule has 3 heteroatoms. The largest absolute Gasteiger partial charge is 0.465 e. The highest BCUT2D eigenvalue weighted by atomic mass is 32.1. The predicted molar refractivity (Wildman–Crippen MR) is 72.5 cm³/mol. The zero-order valence-corrected chi connectivity index (χ0v) is 11.2. The van der Waals surface area contributed by atoms with Gasteiger partial charge in [-0.15, -0.1) is 11.3 Å². The minimum absolute atomic E-state index is 0.294. The highest BCUT2D eigenvalue weighted by Crippen LogP contribution is 2.23. The summed E-state index contributed by atoms with van der Waals surface area (Å²) in [4.78, 5) is 1.40. The van der Waals surface area contributed by atoms with Crippen molar-refractivity contribution in [2.75, 3.05) is 6.54 Å². The van der Waals surface area contributed by atoms with Gasteiger partial charge in [0.25, 0.3) is 0 Å².